The van der Waals surface area contributed by atoms with Crippen molar-refractivity contribution in [2.45, 2.75) is 19.9 Å². The number of hydrogen-bond acceptors (Lipinski definition) is 6. The first-order chi connectivity index (χ1) is 12.1. The number of halogens is 1. The minimum atomic E-state index is -0.369. The van der Waals surface area contributed by atoms with Crippen molar-refractivity contribution in [1.29, 1.82) is 0 Å². The first-order valence-corrected chi connectivity index (χ1v) is 7.70. The molecule has 0 aliphatic rings. The third kappa shape index (κ3) is 2.91. The third-order valence-electron chi connectivity index (χ3n) is 3.77. The maximum Gasteiger partial charge on any atom is 0.225 e. The van der Waals surface area contributed by atoms with Gasteiger partial charge in [-0.05, 0) is 26.0 Å². The fourth-order valence-electron chi connectivity index (χ4n) is 2.48. The molecule has 0 unspecified atom stereocenters. The van der Waals surface area contributed by atoms with Crippen molar-refractivity contribution in [3.8, 4) is 5.82 Å². The van der Waals surface area contributed by atoms with Crippen LogP contribution in [0.3, 0.4) is 0 Å². The van der Waals surface area contributed by atoms with Gasteiger partial charge in [-0.2, -0.15) is 10.1 Å². The molecule has 8 nitrogen and oxygen atoms in total. The number of aromatic amines is 1. The van der Waals surface area contributed by atoms with E-state index < -0.39 is 0 Å². The number of fused-ring (bicyclic) bond motifs is 1. The molecule has 0 saturated heterocycles. The standard InChI is InChI=1S/C16H15FN8/c1-9-5-14(24-23-9)25-8-20-13-7-19-16(22-15(13)25)21-10(2)12-4-3-11(17)6-18-12/h3-8,10H,1-2H3,(H,23,24)(H,19,21,22)/t10-/m0/s1. The summed E-state index contributed by atoms with van der Waals surface area (Å²) < 4.78 is 14.8. The predicted molar refractivity (Wildman–Crippen MR) is 89.8 cm³/mol. The topological polar surface area (TPSA) is 97.2 Å². The van der Waals surface area contributed by atoms with E-state index >= 15 is 0 Å². The molecule has 4 rings (SSSR count). The molecule has 0 radical (unpaired) electrons. The number of nitrogens with one attached hydrogen (secondary N) is 2. The van der Waals surface area contributed by atoms with Crippen LogP contribution in [0.2, 0.25) is 0 Å². The number of H-pyrrole nitrogens is 1. The lowest BCUT2D eigenvalue weighted by Gasteiger charge is -2.13. The monoisotopic (exact) mass is 338 g/mol. The van der Waals surface area contributed by atoms with Crippen molar-refractivity contribution >= 4 is 17.1 Å². The average molecular weight is 338 g/mol. The van der Waals surface area contributed by atoms with E-state index in [1.165, 1.54) is 12.3 Å². The van der Waals surface area contributed by atoms with E-state index in [1.54, 1.807) is 23.2 Å². The fourth-order valence-corrected chi connectivity index (χ4v) is 2.48. The van der Waals surface area contributed by atoms with E-state index in [1.807, 2.05) is 19.9 Å². The summed E-state index contributed by atoms with van der Waals surface area (Å²) in [7, 11) is 0. The molecule has 0 bridgehead atoms. The van der Waals surface area contributed by atoms with Gasteiger partial charge in [0.15, 0.2) is 11.5 Å². The molecular weight excluding hydrogens is 323 g/mol. The summed E-state index contributed by atoms with van der Waals surface area (Å²) in [6.07, 6.45) is 4.49. The van der Waals surface area contributed by atoms with Crippen LogP contribution in [0, 0.1) is 12.7 Å². The number of aryl methyl sites for hydroxylation is 1. The fraction of sp³-hybridized carbons (Fsp3) is 0.188. The van der Waals surface area contributed by atoms with Crippen LogP contribution in [0.25, 0.3) is 17.0 Å². The molecule has 4 aromatic heterocycles. The highest BCUT2D eigenvalue weighted by Crippen LogP contribution is 2.19. The van der Waals surface area contributed by atoms with Gasteiger partial charge in [0.1, 0.15) is 17.7 Å². The molecule has 1 atom stereocenters. The quantitative estimate of drug-likeness (QED) is 0.593. The molecule has 4 heterocycles. The van der Waals surface area contributed by atoms with E-state index in [-0.39, 0.29) is 11.9 Å². The molecule has 0 aliphatic carbocycles. The molecule has 0 spiro atoms. The summed E-state index contributed by atoms with van der Waals surface area (Å²) in [6.45, 7) is 3.83. The van der Waals surface area contributed by atoms with Gasteiger partial charge in [-0.25, -0.2) is 14.4 Å². The van der Waals surface area contributed by atoms with Crippen LogP contribution >= 0.6 is 0 Å². The summed E-state index contributed by atoms with van der Waals surface area (Å²) in [5, 5.41) is 10.3. The third-order valence-corrected chi connectivity index (χ3v) is 3.77. The second kappa shape index (κ2) is 5.93. The number of aromatic nitrogens is 7. The number of anilines is 1. The highest BCUT2D eigenvalue weighted by Gasteiger charge is 2.13. The Hall–Kier alpha value is -3.36. The molecule has 25 heavy (non-hydrogen) atoms. The molecule has 0 aromatic carbocycles. The van der Waals surface area contributed by atoms with Crippen LogP contribution in [-0.4, -0.2) is 34.7 Å². The van der Waals surface area contributed by atoms with Gasteiger partial charge >= 0.3 is 0 Å². The molecule has 0 amide bonds. The highest BCUT2D eigenvalue weighted by molar-refractivity contribution is 5.72. The molecule has 126 valence electrons. The second-order valence-electron chi connectivity index (χ2n) is 5.69. The Balaban J connectivity index is 1.65. The van der Waals surface area contributed by atoms with Crippen LogP contribution in [0.1, 0.15) is 24.4 Å². The molecule has 0 aliphatic heterocycles. The number of rotatable bonds is 4. The van der Waals surface area contributed by atoms with Crippen molar-refractivity contribution in [3.05, 3.63) is 54.1 Å². The molecule has 0 saturated carbocycles. The average Bonchev–Trinajstić information content (AvgIpc) is 3.21. The number of imidazole rings is 1. The largest absolute Gasteiger partial charge is 0.346 e. The zero-order chi connectivity index (χ0) is 17.4. The number of hydrogen-bond donors (Lipinski definition) is 2. The van der Waals surface area contributed by atoms with Gasteiger partial charge in [-0.1, -0.05) is 0 Å². The summed E-state index contributed by atoms with van der Waals surface area (Å²) in [6, 6.07) is 4.73. The Morgan fingerprint density at radius 2 is 2.08 bits per heavy atom. The zero-order valence-electron chi connectivity index (χ0n) is 13.6. The van der Waals surface area contributed by atoms with Crippen molar-refractivity contribution in [2.75, 3.05) is 5.32 Å². The van der Waals surface area contributed by atoms with Crippen LogP contribution in [0.15, 0.2) is 36.9 Å². The lowest BCUT2D eigenvalue weighted by Crippen LogP contribution is -2.11. The predicted octanol–water partition coefficient (Wildman–Crippen LogP) is 2.55. The maximum absolute atomic E-state index is 13.0. The summed E-state index contributed by atoms with van der Waals surface area (Å²) in [5.74, 6) is 0.768. The van der Waals surface area contributed by atoms with Gasteiger partial charge in [0.05, 0.1) is 24.1 Å². The molecule has 4 aromatic rings. The Kier molecular flexibility index (Phi) is 3.60. The van der Waals surface area contributed by atoms with Crippen LogP contribution in [0.4, 0.5) is 10.3 Å². The summed E-state index contributed by atoms with van der Waals surface area (Å²) >= 11 is 0. The first-order valence-electron chi connectivity index (χ1n) is 7.70. The maximum atomic E-state index is 13.0. The Morgan fingerprint density at radius 3 is 2.80 bits per heavy atom. The zero-order valence-corrected chi connectivity index (χ0v) is 13.6. The minimum Gasteiger partial charge on any atom is -0.346 e. The van der Waals surface area contributed by atoms with E-state index in [2.05, 4.69) is 35.5 Å². The minimum absolute atomic E-state index is 0.179. The normalized spacial score (nSPS) is 12.4. The van der Waals surface area contributed by atoms with Crippen LogP contribution < -0.4 is 5.32 Å². The van der Waals surface area contributed by atoms with Gasteiger partial charge in [-0.15, -0.1) is 0 Å². The summed E-state index contributed by atoms with van der Waals surface area (Å²) in [4.78, 5) is 17.2. The van der Waals surface area contributed by atoms with Crippen molar-refractivity contribution in [3.63, 3.8) is 0 Å². The molecular formula is C16H15FN8. The van der Waals surface area contributed by atoms with Gasteiger partial charge in [-0.3, -0.25) is 14.6 Å². The lowest BCUT2D eigenvalue weighted by atomic mass is 10.2. The van der Waals surface area contributed by atoms with E-state index in [9.17, 15) is 4.39 Å². The summed E-state index contributed by atoms with van der Waals surface area (Å²) in [5.41, 5.74) is 2.95. The van der Waals surface area contributed by atoms with Gasteiger partial charge in [0.25, 0.3) is 0 Å². The lowest BCUT2D eigenvalue weighted by molar-refractivity contribution is 0.617. The van der Waals surface area contributed by atoms with Gasteiger partial charge in [0, 0.05) is 11.8 Å². The Bertz CT molecular complexity index is 1020. The molecule has 2 N–H and O–H groups in total. The van der Waals surface area contributed by atoms with Gasteiger partial charge < -0.3 is 5.32 Å². The van der Waals surface area contributed by atoms with Gasteiger partial charge in [0.2, 0.25) is 5.95 Å². The Morgan fingerprint density at radius 1 is 1.20 bits per heavy atom. The first kappa shape index (κ1) is 15.2. The second-order valence-corrected chi connectivity index (χ2v) is 5.69. The molecule has 9 heteroatoms. The number of pyridine rings is 1. The molecule has 0 fully saturated rings. The van der Waals surface area contributed by atoms with Crippen LogP contribution in [-0.2, 0) is 0 Å². The van der Waals surface area contributed by atoms with Crippen molar-refractivity contribution in [1.82, 2.24) is 34.7 Å². The van der Waals surface area contributed by atoms with Crippen LogP contribution in [0.5, 0.6) is 0 Å². The Labute approximate surface area is 142 Å². The van der Waals surface area contributed by atoms with E-state index in [0.717, 1.165) is 5.69 Å². The SMILES string of the molecule is Cc1cc(-n2cnc3cnc(N[C@@H](C)c4ccc(F)cn4)nc32)n[nH]1. The van der Waals surface area contributed by atoms with E-state index in [4.69, 9.17) is 0 Å². The smallest absolute Gasteiger partial charge is 0.225 e. The van der Waals surface area contributed by atoms with Crippen molar-refractivity contribution in [2.24, 2.45) is 0 Å². The van der Waals surface area contributed by atoms with E-state index in [0.29, 0.717) is 28.6 Å². The van der Waals surface area contributed by atoms with Crippen molar-refractivity contribution < 1.29 is 4.39 Å². The highest BCUT2D eigenvalue weighted by atomic mass is 19.1. The number of nitrogens with zero attached hydrogens (tertiary/aromatic N) is 6.